The SMILES string of the molecule is N#Cc1ncn(-c2ccc(C(=O)O)cc2)c1C#N. The molecule has 0 aliphatic heterocycles. The average Bonchev–Trinajstić information content (AvgIpc) is 2.81. The Bertz CT molecular complexity index is 686. The lowest BCUT2D eigenvalue weighted by atomic mass is 10.2. The molecule has 1 heterocycles. The molecule has 0 fully saturated rings. The summed E-state index contributed by atoms with van der Waals surface area (Å²) in [5.41, 5.74) is 0.892. The molecule has 6 heteroatoms. The molecule has 86 valence electrons. The van der Waals surface area contributed by atoms with Gasteiger partial charge in [-0.05, 0) is 24.3 Å². The van der Waals surface area contributed by atoms with Gasteiger partial charge in [0.1, 0.15) is 18.5 Å². The molecule has 0 atom stereocenters. The molecule has 1 aromatic heterocycles. The molecule has 0 amide bonds. The van der Waals surface area contributed by atoms with E-state index in [4.69, 9.17) is 15.6 Å². The van der Waals surface area contributed by atoms with Crippen LogP contribution in [0.4, 0.5) is 0 Å². The van der Waals surface area contributed by atoms with Crippen molar-refractivity contribution >= 4 is 5.97 Å². The first-order valence-corrected chi connectivity index (χ1v) is 4.88. The zero-order valence-corrected chi connectivity index (χ0v) is 9.03. The highest BCUT2D eigenvalue weighted by Gasteiger charge is 2.11. The zero-order chi connectivity index (χ0) is 13.1. The molecule has 1 N–H and O–H groups in total. The lowest BCUT2D eigenvalue weighted by molar-refractivity contribution is 0.0697. The lowest BCUT2D eigenvalue weighted by Gasteiger charge is -2.03. The maximum absolute atomic E-state index is 10.7. The van der Waals surface area contributed by atoms with E-state index in [1.807, 2.05) is 12.1 Å². The van der Waals surface area contributed by atoms with Gasteiger partial charge >= 0.3 is 5.97 Å². The zero-order valence-electron chi connectivity index (χ0n) is 9.03. The summed E-state index contributed by atoms with van der Waals surface area (Å²) in [4.78, 5) is 14.5. The number of imidazole rings is 1. The molecule has 18 heavy (non-hydrogen) atoms. The van der Waals surface area contributed by atoms with Gasteiger partial charge in [-0.1, -0.05) is 0 Å². The summed E-state index contributed by atoms with van der Waals surface area (Å²) in [5.74, 6) is -1.02. The van der Waals surface area contributed by atoms with E-state index < -0.39 is 5.97 Å². The first kappa shape index (κ1) is 11.4. The van der Waals surface area contributed by atoms with Gasteiger partial charge in [0, 0.05) is 5.69 Å². The highest BCUT2D eigenvalue weighted by atomic mass is 16.4. The van der Waals surface area contributed by atoms with Gasteiger partial charge in [-0.3, -0.25) is 4.57 Å². The third-order valence-electron chi connectivity index (χ3n) is 2.37. The maximum atomic E-state index is 10.7. The second-order valence-electron chi connectivity index (χ2n) is 3.39. The smallest absolute Gasteiger partial charge is 0.335 e. The molecule has 6 nitrogen and oxygen atoms in total. The highest BCUT2D eigenvalue weighted by Crippen LogP contribution is 2.14. The maximum Gasteiger partial charge on any atom is 0.335 e. The van der Waals surface area contributed by atoms with Gasteiger partial charge in [-0.15, -0.1) is 0 Å². The van der Waals surface area contributed by atoms with Crippen molar-refractivity contribution in [3.63, 3.8) is 0 Å². The summed E-state index contributed by atoms with van der Waals surface area (Å²) < 4.78 is 1.43. The van der Waals surface area contributed by atoms with Crippen molar-refractivity contribution in [2.45, 2.75) is 0 Å². The van der Waals surface area contributed by atoms with E-state index in [9.17, 15) is 4.79 Å². The van der Waals surface area contributed by atoms with E-state index in [0.717, 1.165) is 0 Å². The van der Waals surface area contributed by atoms with E-state index in [0.29, 0.717) is 5.69 Å². The van der Waals surface area contributed by atoms with E-state index >= 15 is 0 Å². The van der Waals surface area contributed by atoms with Crippen LogP contribution >= 0.6 is 0 Å². The van der Waals surface area contributed by atoms with Crippen molar-refractivity contribution in [3.05, 3.63) is 47.5 Å². The summed E-state index contributed by atoms with van der Waals surface area (Å²) in [6.45, 7) is 0. The van der Waals surface area contributed by atoms with Crippen LogP contribution in [0.3, 0.4) is 0 Å². The minimum Gasteiger partial charge on any atom is -0.478 e. The third-order valence-corrected chi connectivity index (χ3v) is 2.37. The second kappa shape index (κ2) is 4.40. The van der Waals surface area contributed by atoms with Crippen molar-refractivity contribution in [1.29, 1.82) is 10.5 Å². The Hall–Kier alpha value is -3.12. The summed E-state index contributed by atoms with van der Waals surface area (Å²) in [6, 6.07) is 9.65. The molecule has 0 saturated carbocycles. The Labute approximate surface area is 102 Å². The number of hydrogen-bond donors (Lipinski definition) is 1. The molecule has 0 radical (unpaired) electrons. The van der Waals surface area contributed by atoms with E-state index in [1.54, 1.807) is 12.1 Å². The Morgan fingerprint density at radius 1 is 1.22 bits per heavy atom. The number of nitrogens with zero attached hydrogens (tertiary/aromatic N) is 4. The van der Waals surface area contributed by atoms with Crippen LogP contribution in [0, 0.1) is 22.7 Å². The summed E-state index contributed by atoms with van der Waals surface area (Å²) in [7, 11) is 0. The van der Waals surface area contributed by atoms with Crippen LogP contribution in [-0.2, 0) is 0 Å². The van der Waals surface area contributed by atoms with Crippen LogP contribution < -0.4 is 0 Å². The van der Waals surface area contributed by atoms with Gasteiger partial charge in [0.05, 0.1) is 5.56 Å². The molecule has 2 aromatic rings. The van der Waals surface area contributed by atoms with E-state index in [1.165, 1.54) is 23.0 Å². The summed E-state index contributed by atoms with van der Waals surface area (Å²) in [5, 5.41) is 26.5. The Morgan fingerprint density at radius 3 is 2.39 bits per heavy atom. The number of carbonyl (C=O) groups is 1. The number of nitriles is 2. The second-order valence-corrected chi connectivity index (χ2v) is 3.39. The van der Waals surface area contributed by atoms with Gasteiger partial charge in [-0.25, -0.2) is 9.78 Å². The van der Waals surface area contributed by atoms with E-state index in [-0.39, 0.29) is 17.0 Å². The molecule has 0 spiro atoms. The molecule has 0 unspecified atom stereocenters. The van der Waals surface area contributed by atoms with Crippen molar-refractivity contribution in [2.75, 3.05) is 0 Å². The lowest BCUT2D eigenvalue weighted by Crippen LogP contribution is -1.99. The molecule has 0 aliphatic carbocycles. The first-order chi connectivity index (χ1) is 8.67. The first-order valence-electron chi connectivity index (χ1n) is 4.88. The standard InChI is InChI=1S/C12H6N4O2/c13-5-10-11(6-14)16(7-15-10)9-3-1-8(2-4-9)12(17)18/h1-4,7H,(H,17,18). The van der Waals surface area contributed by atoms with Crippen LogP contribution in [0.25, 0.3) is 5.69 Å². The predicted molar refractivity (Wildman–Crippen MR) is 60.0 cm³/mol. The highest BCUT2D eigenvalue weighted by molar-refractivity contribution is 5.87. The number of hydrogen-bond acceptors (Lipinski definition) is 4. The molecule has 2 rings (SSSR count). The summed E-state index contributed by atoms with van der Waals surface area (Å²) in [6.07, 6.45) is 1.35. The topological polar surface area (TPSA) is 103 Å². The quantitative estimate of drug-likeness (QED) is 0.849. The Morgan fingerprint density at radius 2 is 1.89 bits per heavy atom. The fraction of sp³-hybridized carbons (Fsp3) is 0. The van der Waals surface area contributed by atoms with Crippen molar-refractivity contribution in [1.82, 2.24) is 9.55 Å². The monoisotopic (exact) mass is 238 g/mol. The fourth-order valence-corrected chi connectivity index (χ4v) is 1.50. The van der Waals surface area contributed by atoms with Crippen molar-refractivity contribution < 1.29 is 9.90 Å². The largest absolute Gasteiger partial charge is 0.478 e. The molecule has 0 aliphatic rings. The number of rotatable bonds is 2. The minimum absolute atomic E-state index is 0.0415. The van der Waals surface area contributed by atoms with Crippen LogP contribution in [-0.4, -0.2) is 20.6 Å². The normalized spacial score (nSPS) is 9.44. The summed E-state index contributed by atoms with van der Waals surface area (Å²) >= 11 is 0. The predicted octanol–water partition coefficient (Wildman–Crippen LogP) is 1.31. The van der Waals surface area contributed by atoms with Gasteiger partial charge in [0.25, 0.3) is 0 Å². The average molecular weight is 238 g/mol. The number of benzene rings is 1. The molecule has 0 bridgehead atoms. The van der Waals surface area contributed by atoms with Crippen LogP contribution in [0.5, 0.6) is 0 Å². The van der Waals surface area contributed by atoms with Crippen LogP contribution in [0.1, 0.15) is 21.7 Å². The number of carboxylic acid groups (broad SMARTS) is 1. The minimum atomic E-state index is -1.02. The van der Waals surface area contributed by atoms with E-state index in [2.05, 4.69) is 4.98 Å². The molecule has 0 saturated heterocycles. The van der Waals surface area contributed by atoms with Crippen LogP contribution in [0.2, 0.25) is 0 Å². The van der Waals surface area contributed by atoms with Crippen molar-refractivity contribution in [2.24, 2.45) is 0 Å². The molecular formula is C12H6N4O2. The van der Waals surface area contributed by atoms with Gasteiger partial charge < -0.3 is 5.11 Å². The van der Waals surface area contributed by atoms with Gasteiger partial charge in [-0.2, -0.15) is 10.5 Å². The third kappa shape index (κ3) is 1.79. The Kier molecular flexibility index (Phi) is 2.78. The van der Waals surface area contributed by atoms with Crippen molar-refractivity contribution in [3.8, 4) is 17.8 Å². The number of aromatic nitrogens is 2. The van der Waals surface area contributed by atoms with Gasteiger partial charge in [0.15, 0.2) is 11.4 Å². The fourth-order valence-electron chi connectivity index (χ4n) is 1.50. The molecule has 1 aromatic carbocycles. The molecular weight excluding hydrogens is 232 g/mol. The Balaban J connectivity index is 2.51. The van der Waals surface area contributed by atoms with Crippen LogP contribution in [0.15, 0.2) is 30.6 Å². The van der Waals surface area contributed by atoms with Gasteiger partial charge in [0.2, 0.25) is 0 Å². The number of aromatic carboxylic acids is 1. The number of carboxylic acids is 1.